The molecule has 2 aromatic rings. The maximum atomic E-state index is 12.5. The van der Waals surface area contributed by atoms with E-state index in [1.807, 2.05) is 38.1 Å². The molecule has 0 unspecified atom stereocenters. The third kappa shape index (κ3) is 4.57. The number of likely N-dealkylation sites (tertiary alicyclic amines) is 1. The molecule has 3 amide bonds. The predicted octanol–water partition coefficient (Wildman–Crippen LogP) is 3.23. The molecule has 0 aliphatic carbocycles. The Morgan fingerprint density at radius 3 is 2.21 bits per heavy atom. The zero-order valence-electron chi connectivity index (χ0n) is 16.1. The minimum Gasteiger partial charge on any atom is -0.494 e. The summed E-state index contributed by atoms with van der Waals surface area (Å²) in [5.74, 6) is 0.337. The molecule has 1 aliphatic heterocycles. The van der Waals surface area contributed by atoms with Crippen LogP contribution in [0.2, 0.25) is 0 Å². The summed E-state index contributed by atoms with van der Waals surface area (Å²) in [6, 6.07) is 14.5. The third-order valence-electron chi connectivity index (χ3n) is 4.75. The third-order valence-corrected chi connectivity index (χ3v) is 4.75. The fraction of sp³-hybridized carbons (Fsp3) is 0.318. The van der Waals surface area contributed by atoms with Crippen molar-refractivity contribution in [1.29, 1.82) is 0 Å². The molecule has 1 aliphatic rings. The minimum atomic E-state index is -0.179. The zero-order chi connectivity index (χ0) is 20.1. The number of nitrogens with one attached hydrogen (secondary N) is 1. The van der Waals surface area contributed by atoms with Gasteiger partial charge >= 0.3 is 0 Å². The first-order valence-corrected chi connectivity index (χ1v) is 9.43. The second kappa shape index (κ2) is 8.69. The molecule has 1 N–H and O–H groups in total. The van der Waals surface area contributed by atoms with E-state index >= 15 is 0 Å². The van der Waals surface area contributed by atoms with Crippen molar-refractivity contribution in [2.24, 2.45) is 0 Å². The lowest BCUT2D eigenvalue weighted by Crippen LogP contribution is -2.28. The van der Waals surface area contributed by atoms with Crippen molar-refractivity contribution in [1.82, 2.24) is 10.2 Å². The molecule has 3 rings (SSSR count). The van der Waals surface area contributed by atoms with Crippen molar-refractivity contribution < 1.29 is 19.1 Å². The molecule has 1 saturated heterocycles. The van der Waals surface area contributed by atoms with Crippen LogP contribution in [0.1, 0.15) is 54.2 Å². The number of carbonyl (C=O) groups is 3. The molecule has 0 saturated carbocycles. The number of hydrogen-bond donors (Lipinski definition) is 1. The Kier molecular flexibility index (Phi) is 6.09. The quantitative estimate of drug-likeness (QED) is 0.749. The van der Waals surface area contributed by atoms with E-state index in [9.17, 15) is 14.4 Å². The summed E-state index contributed by atoms with van der Waals surface area (Å²) in [7, 11) is 0. The first-order valence-electron chi connectivity index (χ1n) is 9.43. The second-order valence-electron chi connectivity index (χ2n) is 6.77. The van der Waals surface area contributed by atoms with Gasteiger partial charge in [-0.15, -0.1) is 0 Å². The number of hydrogen-bond acceptors (Lipinski definition) is 4. The summed E-state index contributed by atoms with van der Waals surface area (Å²) in [6.45, 7) is 4.72. The van der Waals surface area contributed by atoms with Crippen molar-refractivity contribution in [2.75, 3.05) is 6.61 Å². The van der Waals surface area contributed by atoms with Gasteiger partial charge in [-0.05, 0) is 49.2 Å². The molecule has 146 valence electrons. The monoisotopic (exact) mass is 380 g/mol. The number of nitrogens with zero attached hydrogens (tertiary/aromatic N) is 1. The van der Waals surface area contributed by atoms with Crippen LogP contribution in [0.25, 0.3) is 0 Å². The molecule has 0 bridgehead atoms. The standard InChI is InChI=1S/C22H24N2O4/c1-3-28-19-10-8-17(9-11-19)15(2)23-22(27)18-6-4-16(5-7-18)14-24-20(25)12-13-21(24)26/h4-11,15H,3,12-14H2,1-2H3,(H,23,27)/t15-/m1/s1. The van der Waals surface area contributed by atoms with Gasteiger partial charge in [0.15, 0.2) is 0 Å². The van der Waals surface area contributed by atoms with Crippen LogP contribution in [0.3, 0.4) is 0 Å². The number of amides is 3. The van der Waals surface area contributed by atoms with Crippen LogP contribution >= 0.6 is 0 Å². The largest absolute Gasteiger partial charge is 0.494 e. The highest BCUT2D eigenvalue weighted by Gasteiger charge is 2.28. The van der Waals surface area contributed by atoms with Gasteiger partial charge in [0.1, 0.15) is 5.75 Å². The van der Waals surface area contributed by atoms with Crippen LogP contribution in [0.5, 0.6) is 5.75 Å². The van der Waals surface area contributed by atoms with E-state index in [0.29, 0.717) is 12.2 Å². The van der Waals surface area contributed by atoms with Crippen LogP contribution in [-0.4, -0.2) is 29.2 Å². The van der Waals surface area contributed by atoms with Crippen molar-refractivity contribution >= 4 is 17.7 Å². The van der Waals surface area contributed by atoms with E-state index in [-0.39, 0.29) is 43.1 Å². The Balaban J connectivity index is 1.59. The Morgan fingerprint density at radius 1 is 1.04 bits per heavy atom. The SMILES string of the molecule is CCOc1ccc([C@@H](C)NC(=O)c2ccc(CN3C(=O)CCC3=O)cc2)cc1. The highest BCUT2D eigenvalue weighted by atomic mass is 16.5. The van der Waals surface area contributed by atoms with Gasteiger partial charge in [0, 0.05) is 18.4 Å². The van der Waals surface area contributed by atoms with Crippen molar-refractivity contribution in [3.8, 4) is 5.75 Å². The minimum absolute atomic E-state index is 0.143. The molecule has 0 radical (unpaired) electrons. The van der Waals surface area contributed by atoms with Gasteiger partial charge in [0.25, 0.3) is 5.91 Å². The van der Waals surface area contributed by atoms with E-state index in [1.54, 1.807) is 24.3 Å². The van der Waals surface area contributed by atoms with E-state index in [1.165, 1.54) is 4.90 Å². The summed E-state index contributed by atoms with van der Waals surface area (Å²) < 4.78 is 5.43. The molecule has 1 fully saturated rings. The van der Waals surface area contributed by atoms with E-state index in [4.69, 9.17) is 4.74 Å². The maximum absolute atomic E-state index is 12.5. The smallest absolute Gasteiger partial charge is 0.251 e. The summed E-state index contributed by atoms with van der Waals surface area (Å²) in [6.07, 6.45) is 0.561. The lowest BCUT2D eigenvalue weighted by Gasteiger charge is -2.16. The van der Waals surface area contributed by atoms with Crippen LogP contribution in [0.15, 0.2) is 48.5 Å². The Bertz CT molecular complexity index is 843. The maximum Gasteiger partial charge on any atom is 0.251 e. The molecule has 1 atom stereocenters. The Labute approximate surface area is 164 Å². The average Bonchev–Trinajstić information content (AvgIpc) is 3.01. The van der Waals surface area contributed by atoms with E-state index < -0.39 is 0 Å². The normalized spacial score (nSPS) is 14.9. The van der Waals surface area contributed by atoms with Crippen LogP contribution in [0.4, 0.5) is 0 Å². The van der Waals surface area contributed by atoms with Gasteiger partial charge < -0.3 is 10.1 Å². The van der Waals surface area contributed by atoms with Gasteiger partial charge in [0.05, 0.1) is 19.2 Å². The number of ether oxygens (including phenoxy) is 1. The topological polar surface area (TPSA) is 75.7 Å². The molecule has 6 heteroatoms. The van der Waals surface area contributed by atoms with Gasteiger partial charge in [-0.2, -0.15) is 0 Å². The molecule has 28 heavy (non-hydrogen) atoms. The second-order valence-corrected chi connectivity index (χ2v) is 6.77. The molecule has 6 nitrogen and oxygen atoms in total. The van der Waals surface area contributed by atoms with E-state index in [2.05, 4.69) is 5.32 Å². The molecule has 0 aromatic heterocycles. The lowest BCUT2D eigenvalue weighted by molar-refractivity contribution is -0.139. The van der Waals surface area contributed by atoms with E-state index in [0.717, 1.165) is 16.9 Å². The Morgan fingerprint density at radius 2 is 1.64 bits per heavy atom. The number of benzene rings is 2. The number of carbonyl (C=O) groups excluding carboxylic acids is 3. The summed E-state index contributed by atoms with van der Waals surface area (Å²) >= 11 is 0. The van der Waals surface area contributed by atoms with Gasteiger partial charge in [-0.1, -0.05) is 24.3 Å². The summed E-state index contributed by atoms with van der Waals surface area (Å²) in [4.78, 5) is 37.2. The van der Waals surface area contributed by atoms with Crippen LogP contribution < -0.4 is 10.1 Å². The zero-order valence-corrected chi connectivity index (χ0v) is 16.1. The highest BCUT2D eigenvalue weighted by Crippen LogP contribution is 2.19. The molecule has 2 aromatic carbocycles. The first-order chi connectivity index (χ1) is 13.5. The predicted molar refractivity (Wildman–Crippen MR) is 105 cm³/mol. The average molecular weight is 380 g/mol. The van der Waals surface area contributed by atoms with Crippen molar-refractivity contribution in [3.63, 3.8) is 0 Å². The fourth-order valence-electron chi connectivity index (χ4n) is 3.13. The van der Waals surface area contributed by atoms with Gasteiger partial charge in [-0.25, -0.2) is 0 Å². The summed E-state index contributed by atoms with van der Waals surface area (Å²) in [5.41, 5.74) is 2.33. The molecular weight excluding hydrogens is 356 g/mol. The van der Waals surface area contributed by atoms with Crippen LogP contribution in [0, 0.1) is 0 Å². The number of imide groups is 1. The van der Waals surface area contributed by atoms with Crippen LogP contribution in [-0.2, 0) is 16.1 Å². The first kappa shape index (κ1) is 19.6. The van der Waals surface area contributed by atoms with Gasteiger partial charge in [-0.3, -0.25) is 19.3 Å². The van der Waals surface area contributed by atoms with Crippen molar-refractivity contribution in [3.05, 3.63) is 65.2 Å². The molecule has 1 heterocycles. The van der Waals surface area contributed by atoms with Crippen molar-refractivity contribution in [2.45, 2.75) is 39.3 Å². The fourth-order valence-corrected chi connectivity index (χ4v) is 3.13. The molecular formula is C22H24N2O4. The Hall–Kier alpha value is -3.15. The lowest BCUT2D eigenvalue weighted by atomic mass is 10.1. The highest BCUT2D eigenvalue weighted by molar-refractivity contribution is 6.01. The van der Waals surface area contributed by atoms with Gasteiger partial charge in [0.2, 0.25) is 11.8 Å². The summed E-state index contributed by atoms with van der Waals surface area (Å²) in [5, 5.41) is 2.97. The number of rotatable bonds is 7. The molecule has 0 spiro atoms.